The van der Waals surface area contributed by atoms with Gasteiger partial charge in [0, 0.05) is 6.20 Å². The maximum atomic E-state index is 11.2. The summed E-state index contributed by atoms with van der Waals surface area (Å²) in [5.41, 5.74) is 4.83. The van der Waals surface area contributed by atoms with E-state index >= 15 is 0 Å². The van der Waals surface area contributed by atoms with Crippen LogP contribution in [0.15, 0.2) is 21.4 Å². The van der Waals surface area contributed by atoms with Crippen LogP contribution < -0.4 is 11.4 Å². The molecule has 2 rings (SSSR count). The van der Waals surface area contributed by atoms with Crippen LogP contribution in [0.25, 0.3) is 0 Å². The summed E-state index contributed by atoms with van der Waals surface area (Å²) in [6, 6.07) is 0. The number of nitrogen functional groups attached to an aromatic ring is 1. The van der Waals surface area contributed by atoms with Crippen LogP contribution in [0, 0.1) is 0 Å². The molecule has 0 radical (unpaired) electrons. The van der Waals surface area contributed by atoms with E-state index in [9.17, 15) is 9.59 Å². The van der Waals surface area contributed by atoms with Gasteiger partial charge in [-0.15, -0.1) is 0 Å². The predicted octanol–water partition coefficient (Wildman–Crippen LogP) is -0.910. The minimum atomic E-state index is -0.603. The molecule has 0 saturated carbocycles. The summed E-state index contributed by atoms with van der Waals surface area (Å²) >= 11 is 0. The molecule has 1 aliphatic heterocycles. The first kappa shape index (κ1) is 7.40. The average molecular weight is 180 g/mol. The van der Waals surface area contributed by atoms with E-state index in [0.717, 1.165) is 11.3 Å². The normalized spacial score (nSPS) is 13.1. The molecule has 1 aromatic heterocycles. The maximum Gasteiger partial charge on any atom is 0.346 e. The monoisotopic (exact) mass is 180 g/mol. The fraction of sp³-hybridized carbons (Fsp3) is 0. The molecule has 3 N–H and O–H groups in total. The number of carbonyl (C=O) groups excluding carboxylic acids is 1. The van der Waals surface area contributed by atoms with Crippen LogP contribution >= 0.6 is 0 Å². The van der Waals surface area contributed by atoms with Gasteiger partial charge in [-0.2, -0.15) is 0 Å². The van der Waals surface area contributed by atoms with E-state index in [0.29, 0.717) is 0 Å². The molecule has 1 amide bonds. The van der Waals surface area contributed by atoms with E-state index in [2.05, 4.69) is 20.4 Å². The Hall–Kier alpha value is -2.25. The number of nitrogens with one attached hydrogen (secondary N) is 1. The summed E-state index contributed by atoms with van der Waals surface area (Å²) in [6.07, 6.45) is 1.08. The Bertz CT molecular complexity index is 443. The van der Waals surface area contributed by atoms with Crippen molar-refractivity contribution in [1.82, 2.24) is 15.1 Å². The highest BCUT2D eigenvalue weighted by atomic mass is 16.2. The number of carbonyl (C=O) groups is 1. The molecule has 0 atom stereocenters. The lowest BCUT2D eigenvalue weighted by atomic mass is 10.3. The molecule has 8 nitrogen and oxygen atoms in total. The highest BCUT2D eigenvalue weighted by Crippen LogP contribution is 2.15. The van der Waals surface area contributed by atoms with Gasteiger partial charge in [-0.05, 0) is 10.4 Å². The van der Waals surface area contributed by atoms with E-state index < -0.39 is 11.6 Å². The highest BCUT2D eigenvalue weighted by molar-refractivity contribution is 5.97. The van der Waals surface area contributed by atoms with Crippen molar-refractivity contribution in [2.24, 2.45) is 10.4 Å². The topological polar surface area (TPSA) is 117 Å². The summed E-state index contributed by atoms with van der Waals surface area (Å²) in [5.74, 6) is -0.552. The third kappa shape index (κ3) is 1.24. The molecule has 0 aliphatic carbocycles. The summed E-state index contributed by atoms with van der Waals surface area (Å²) in [6.45, 7) is 0. The number of hydrogen-bond donors (Lipinski definition) is 2. The van der Waals surface area contributed by atoms with Gasteiger partial charge in [-0.3, -0.25) is 9.78 Å². The van der Waals surface area contributed by atoms with Crippen molar-refractivity contribution in [3.05, 3.63) is 22.2 Å². The minimum Gasteiger partial charge on any atom is -0.384 e. The summed E-state index contributed by atoms with van der Waals surface area (Å²) in [4.78, 5) is 27.4. The van der Waals surface area contributed by atoms with Crippen LogP contribution in [0.1, 0.15) is 10.4 Å². The van der Waals surface area contributed by atoms with Gasteiger partial charge in [-0.25, -0.2) is 9.78 Å². The van der Waals surface area contributed by atoms with Gasteiger partial charge >= 0.3 is 11.6 Å². The number of anilines is 1. The minimum absolute atomic E-state index is 0.0395. The Morgan fingerprint density at radius 2 is 2.23 bits per heavy atom. The van der Waals surface area contributed by atoms with Crippen molar-refractivity contribution in [3.8, 4) is 0 Å². The smallest absolute Gasteiger partial charge is 0.346 e. The zero-order valence-corrected chi connectivity index (χ0v) is 6.26. The predicted molar refractivity (Wildman–Crippen MR) is 40.3 cm³/mol. The molecule has 2 heterocycles. The Labute approximate surface area is 71.0 Å². The molecule has 0 aromatic carbocycles. The Kier molecular flexibility index (Phi) is 1.35. The van der Waals surface area contributed by atoms with Gasteiger partial charge < -0.3 is 5.73 Å². The molecule has 1 aliphatic rings. The van der Waals surface area contributed by atoms with Gasteiger partial charge in [0.25, 0.3) is 0 Å². The van der Waals surface area contributed by atoms with Crippen LogP contribution in [0.5, 0.6) is 0 Å². The quantitative estimate of drug-likeness (QED) is 0.581. The van der Waals surface area contributed by atoms with E-state index in [1.807, 2.05) is 0 Å². The first-order valence-electron chi connectivity index (χ1n) is 3.29. The summed E-state index contributed by atoms with van der Waals surface area (Å²) < 4.78 is 0. The van der Waals surface area contributed by atoms with E-state index in [-0.39, 0.29) is 11.4 Å². The lowest BCUT2D eigenvalue weighted by Gasteiger charge is -1.99. The number of nitrogens with zero attached hydrogens (tertiary/aromatic N) is 4. The molecule has 8 heteroatoms. The third-order valence-corrected chi connectivity index (χ3v) is 1.43. The van der Waals surface area contributed by atoms with Crippen molar-refractivity contribution in [3.63, 3.8) is 0 Å². The van der Waals surface area contributed by atoms with Gasteiger partial charge in [0.15, 0.2) is 0 Å². The third-order valence-electron chi connectivity index (χ3n) is 1.43. The largest absolute Gasteiger partial charge is 0.384 e. The maximum absolute atomic E-state index is 11.2. The number of amides is 1. The fourth-order valence-electron chi connectivity index (χ4n) is 0.787. The van der Waals surface area contributed by atoms with Gasteiger partial charge in [0.05, 0.1) is 0 Å². The highest BCUT2D eigenvalue weighted by Gasteiger charge is 2.25. The number of rotatable bonds is 1. The van der Waals surface area contributed by atoms with Crippen molar-refractivity contribution in [2.75, 3.05) is 5.73 Å². The zero-order valence-electron chi connectivity index (χ0n) is 6.26. The van der Waals surface area contributed by atoms with Gasteiger partial charge in [-0.1, -0.05) is 5.12 Å². The molecule has 0 saturated heterocycles. The fourth-order valence-corrected chi connectivity index (χ4v) is 0.787. The Morgan fingerprint density at radius 3 is 2.77 bits per heavy atom. The number of nitrogens with two attached hydrogens (primary N) is 1. The summed E-state index contributed by atoms with van der Waals surface area (Å²) in [7, 11) is 0. The van der Waals surface area contributed by atoms with Crippen LogP contribution in [0.4, 0.5) is 5.82 Å². The first-order valence-corrected chi connectivity index (χ1v) is 3.29. The second kappa shape index (κ2) is 2.37. The number of hydrogen-bond acceptors (Lipinski definition) is 6. The molecule has 0 fully saturated rings. The zero-order chi connectivity index (χ0) is 9.42. The van der Waals surface area contributed by atoms with Crippen molar-refractivity contribution < 1.29 is 4.79 Å². The molecular weight excluding hydrogens is 176 g/mol. The van der Waals surface area contributed by atoms with E-state index in [1.54, 1.807) is 0 Å². The van der Waals surface area contributed by atoms with Crippen LogP contribution in [-0.4, -0.2) is 21.0 Å². The first-order chi connectivity index (χ1) is 6.18. The lowest BCUT2D eigenvalue weighted by molar-refractivity contribution is 0.0857. The SMILES string of the molecule is Nc1[nH]c(=O)ncc1C(=O)N1N=N1. The van der Waals surface area contributed by atoms with Gasteiger partial charge in [0.2, 0.25) is 0 Å². The van der Waals surface area contributed by atoms with E-state index in [1.165, 1.54) is 0 Å². The molecule has 0 unspecified atom stereocenters. The number of H-pyrrole nitrogens is 1. The average Bonchev–Trinajstić information content (AvgIpc) is 2.85. The standard InChI is InChI=1S/C5H4N6O2/c6-3-2(1-7-5(13)8-3)4(12)11-9-10-11/h1H,(H3,6,7,8,13). The van der Waals surface area contributed by atoms with Crippen molar-refractivity contribution in [2.45, 2.75) is 0 Å². The number of aromatic nitrogens is 2. The van der Waals surface area contributed by atoms with Gasteiger partial charge in [0.1, 0.15) is 11.4 Å². The summed E-state index contributed by atoms with van der Waals surface area (Å²) in [5, 5.41) is 7.40. The van der Waals surface area contributed by atoms with Crippen molar-refractivity contribution in [1.29, 1.82) is 0 Å². The molecule has 0 bridgehead atoms. The second-order valence-electron chi connectivity index (χ2n) is 2.29. The molecule has 66 valence electrons. The van der Waals surface area contributed by atoms with Crippen molar-refractivity contribution >= 4 is 11.7 Å². The van der Waals surface area contributed by atoms with Crippen LogP contribution in [0.2, 0.25) is 0 Å². The van der Waals surface area contributed by atoms with Crippen LogP contribution in [0.3, 0.4) is 0 Å². The Morgan fingerprint density at radius 1 is 1.54 bits per heavy atom. The molecular formula is C5H4N6O2. The van der Waals surface area contributed by atoms with Crippen LogP contribution in [-0.2, 0) is 0 Å². The second-order valence-corrected chi connectivity index (χ2v) is 2.29. The van der Waals surface area contributed by atoms with E-state index in [4.69, 9.17) is 5.73 Å². The molecule has 1 aromatic rings. The lowest BCUT2D eigenvalue weighted by Crippen LogP contribution is -2.19. The molecule has 13 heavy (non-hydrogen) atoms. The Balaban J connectivity index is 2.39. The number of aromatic amines is 1. The molecule has 0 spiro atoms.